The number of thiazole rings is 1. The highest BCUT2D eigenvalue weighted by atomic mass is 32.1. The highest BCUT2D eigenvalue weighted by Gasteiger charge is 2.22. The van der Waals surface area contributed by atoms with Gasteiger partial charge < -0.3 is 15.4 Å². The van der Waals surface area contributed by atoms with Crippen molar-refractivity contribution in [3.63, 3.8) is 0 Å². The molecule has 1 unspecified atom stereocenters. The first kappa shape index (κ1) is 19.9. The number of ether oxygens (including phenoxy) is 1. The molecule has 0 spiro atoms. The lowest BCUT2D eigenvalue weighted by Gasteiger charge is -2.29. The quantitative estimate of drug-likeness (QED) is 0.498. The zero-order chi connectivity index (χ0) is 21.2. The Hall–Kier alpha value is -3.00. The van der Waals surface area contributed by atoms with Gasteiger partial charge in [-0.3, -0.25) is 0 Å². The van der Waals surface area contributed by atoms with Crippen molar-refractivity contribution < 1.29 is 4.74 Å². The summed E-state index contributed by atoms with van der Waals surface area (Å²) in [5, 5.41) is 5.36. The molecule has 1 aliphatic heterocycles. The average molecular weight is 432 g/mol. The minimum atomic E-state index is -0.164. The maximum atomic E-state index is 5.89. The molecule has 0 saturated carbocycles. The van der Waals surface area contributed by atoms with Crippen LogP contribution in [0, 0.1) is 0 Å². The fraction of sp³-hybridized carbons (Fsp3) is 0.250. The minimum Gasteiger partial charge on any atom is -0.371 e. The van der Waals surface area contributed by atoms with Crippen molar-refractivity contribution in [2.75, 3.05) is 18.6 Å². The van der Waals surface area contributed by atoms with Gasteiger partial charge in [0, 0.05) is 45.3 Å². The van der Waals surface area contributed by atoms with Crippen LogP contribution >= 0.6 is 11.3 Å². The van der Waals surface area contributed by atoms with Crippen LogP contribution in [0.5, 0.6) is 0 Å². The van der Waals surface area contributed by atoms with E-state index in [1.54, 1.807) is 24.6 Å². The van der Waals surface area contributed by atoms with E-state index in [4.69, 9.17) is 15.5 Å². The van der Waals surface area contributed by atoms with Crippen molar-refractivity contribution in [2.45, 2.75) is 25.6 Å². The lowest BCUT2D eigenvalue weighted by atomic mass is 9.98. The number of nitrogens with two attached hydrogens (primary N) is 1. The summed E-state index contributed by atoms with van der Waals surface area (Å²) in [6, 6.07) is 16.8. The third-order valence-corrected chi connectivity index (χ3v) is 6.84. The highest BCUT2D eigenvalue weighted by Crippen LogP contribution is 2.35. The van der Waals surface area contributed by atoms with Gasteiger partial charge in [0.15, 0.2) is 5.13 Å². The van der Waals surface area contributed by atoms with Gasteiger partial charge in [-0.2, -0.15) is 5.10 Å². The zero-order valence-electron chi connectivity index (χ0n) is 17.4. The molecule has 2 aromatic heterocycles. The summed E-state index contributed by atoms with van der Waals surface area (Å²) in [7, 11) is 1.75. The molecular weight excluding hydrogens is 406 g/mol. The first-order valence-electron chi connectivity index (χ1n) is 10.4. The molecule has 0 radical (unpaired) electrons. The normalized spacial score (nSPS) is 14.5. The van der Waals surface area contributed by atoms with Crippen LogP contribution < -0.4 is 10.6 Å². The predicted octanol–water partition coefficient (Wildman–Crippen LogP) is 4.09. The van der Waals surface area contributed by atoms with Crippen molar-refractivity contribution in [3.8, 4) is 5.69 Å². The number of hydrogen-bond donors (Lipinski definition) is 1. The molecule has 4 aromatic rings. The molecule has 0 fully saturated rings. The lowest BCUT2D eigenvalue weighted by Crippen LogP contribution is -2.30. The van der Waals surface area contributed by atoms with Gasteiger partial charge in [-0.25, -0.2) is 9.67 Å². The van der Waals surface area contributed by atoms with Crippen LogP contribution in [0.4, 0.5) is 5.13 Å². The maximum absolute atomic E-state index is 5.89. The Morgan fingerprint density at radius 1 is 1.16 bits per heavy atom. The zero-order valence-corrected chi connectivity index (χ0v) is 18.3. The molecule has 2 N–H and O–H groups in total. The largest absolute Gasteiger partial charge is 0.371 e. The fourth-order valence-corrected chi connectivity index (χ4v) is 5.16. The monoisotopic (exact) mass is 431 g/mol. The number of anilines is 1. The summed E-state index contributed by atoms with van der Waals surface area (Å²) in [5.41, 5.74) is 11.9. The average Bonchev–Trinajstić information content (AvgIpc) is 3.52. The van der Waals surface area contributed by atoms with Crippen LogP contribution in [-0.4, -0.2) is 28.4 Å². The van der Waals surface area contributed by atoms with Crippen molar-refractivity contribution in [1.82, 2.24) is 14.8 Å². The molecule has 0 amide bonds. The molecule has 31 heavy (non-hydrogen) atoms. The van der Waals surface area contributed by atoms with Crippen LogP contribution in [0.25, 0.3) is 5.69 Å². The van der Waals surface area contributed by atoms with E-state index >= 15 is 0 Å². The third-order valence-electron chi connectivity index (χ3n) is 5.74. The van der Waals surface area contributed by atoms with Crippen molar-refractivity contribution in [2.24, 2.45) is 5.73 Å². The topological polar surface area (TPSA) is 69.2 Å². The van der Waals surface area contributed by atoms with Gasteiger partial charge >= 0.3 is 0 Å². The Morgan fingerprint density at radius 3 is 2.90 bits per heavy atom. The molecule has 1 aliphatic rings. The van der Waals surface area contributed by atoms with Crippen LogP contribution in [-0.2, 0) is 24.2 Å². The van der Waals surface area contributed by atoms with Crippen molar-refractivity contribution in [3.05, 3.63) is 94.3 Å². The van der Waals surface area contributed by atoms with E-state index in [-0.39, 0.29) is 6.10 Å². The second-order valence-electron chi connectivity index (χ2n) is 7.69. The van der Waals surface area contributed by atoms with E-state index in [1.807, 2.05) is 35.3 Å². The van der Waals surface area contributed by atoms with Crippen molar-refractivity contribution in [1.29, 1.82) is 0 Å². The minimum absolute atomic E-state index is 0.164. The van der Waals surface area contributed by atoms with E-state index in [0.717, 1.165) is 40.8 Å². The van der Waals surface area contributed by atoms with E-state index in [0.29, 0.717) is 6.54 Å². The Kier molecular flexibility index (Phi) is 5.55. The molecular formula is C24H25N5OS. The summed E-state index contributed by atoms with van der Waals surface area (Å²) in [4.78, 5) is 8.19. The standard InChI is InChI=1S/C24H25N5OS/c1-30-23(19-4-2-5-21(13-19)29-10-3-9-27-29)22-15-26-24(31-22)28-11-8-18-7-6-17(14-25)12-20(18)16-28/h2-7,9-10,12-13,15,23H,8,11,14,16,25H2,1H3. The highest BCUT2D eigenvalue weighted by molar-refractivity contribution is 7.15. The molecule has 7 heteroatoms. The summed E-state index contributed by atoms with van der Waals surface area (Å²) in [6.45, 7) is 2.40. The summed E-state index contributed by atoms with van der Waals surface area (Å²) in [6.07, 6.45) is 6.52. The third kappa shape index (κ3) is 3.99. The van der Waals surface area contributed by atoms with Crippen molar-refractivity contribution >= 4 is 16.5 Å². The molecule has 3 heterocycles. The molecule has 1 atom stereocenters. The van der Waals surface area contributed by atoms with E-state index < -0.39 is 0 Å². The van der Waals surface area contributed by atoms with Gasteiger partial charge in [-0.1, -0.05) is 41.7 Å². The maximum Gasteiger partial charge on any atom is 0.185 e. The van der Waals surface area contributed by atoms with Crippen LogP contribution in [0.2, 0.25) is 0 Å². The summed E-state index contributed by atoms with van der Waals surface area (Å²) >= 11 is 1.70. The van der Waals surface area contributed by atoms with E-state index in [9.17, 15) is 0 Å². The van der Waals surface area contributed by atoms with Crippen LogP contribution in [0.15, 0.2) is 67.1 Å². The number of aromatic nitrogens is 3. The smallest absolute Gasteiger partial charge is 0.185 e. The first-order chi connectivity index (χ1) is 15.2. The molecule has 5 rings (SSSR count). The molecule has 2 aromatic carbocycles. The van der Waals surface area contributed by atoms with E-state index in [2.05, 4.69) is 40.3 Å². The molecule has 0 aliphatic carbocycles. The van der Waals surface area contributed by atoms with Gasteiger partial charge in [0.05, 0.1) is 10.6 Å². The van der Waals surface area contributed by atoms with Crippen LogP contribution in [0.3, 0.4) is 0 Å². The van der Waals surface area contributed by atoms with Gasteiger partial charge in [0.25, 0.3) is 0 Å². The number of nitrogens with zero attached hydrogens (tertiary/aromatic N) is 4. The molecule has 158 valence electrons. The Labute approximate surface area is 185 Å². The van der Waals surface area contributed by atoms with Gasteiger partial charge in [-0.15, -0.1) is 0 Å². The Bertz CT molecular complexity index is 1170. The summed E-state index contributed by atoms with van der Waals surface area (Å²) < 4.78 is 7.75. The van der Waals surface area contributed by atoms with Crippen LogP contribution in [0.1, 0.15) is 33.2 Å². The molecule has 0 saturated heterocycles. The van der Waals surface area contributed by atoms with Gasteiger partial charge in [-0.05, 0) is 46.9 Å². The number of rotatable bonds is 6. The van der Waals surface area contributed by atoms with Gasteiger partial charge in [0.2, 0.25) is 0 Å². The second kappa shape index (κ2) is 8.63. The second-order valence-corrected chi connectivity index (χ2v) is 8.73. The summed E-state index contributed by atoms with van der Waals surface area (Å²) in [5.74, 6) is 0. The molecule has 0 bridgehead atoms. The number of benzene rings is 2. The van der Waals surface area contributed by atoms with Gasteiger partial charge in [0.1, 0.15) is 6.10 Å². The molecule has 6 nitrogen and oxygen atoms in total. The Morgan fingerprint density at radius 2 is 2.10 bits per heavy atom. The fourth-order valence-electron chi connectivity index (χ4n) is 4.11. The predicted molar refractivity (Wildman–Crippen MR) is 124 cm³/mol. The first-order valence-corrected chi connectivity index (χ1v) is 11.2. The lowest BCUT2D eigenvalue weighted by molar-refractivity contribution is 0.139. The SMILES string of the molecule is COC(c1cccc(-n2cccn2)c1)c1cnc(N2CCc3ccc(CN)cc3C2)s1. The number of hydrogen-bond acceptors (Lipinski definition) is 6. The van der Waals surface area contributed by atoms with E-state index in [1.165, 1.54) is 16.7 Å². The number of fused-ring (bicyclic) bond motifs is 1. The Balaban J connectivity index is 1.39. The number of methoxy groups -OCH3 is 1.